The molecular weight excluding hydrogens is 380 g/mol. The predicted molar refractivity (Wildman–Crippen MR) is 138 cm³/mol. The molecule has 0 aromatic rings. The van der Waals surface area contributed by atoms with Crippen LogP contribution in [0, 0.1) is 11.3 Å². The minimum atomic E-state index is -0.493. The van der Waals surface area contributed by atoms with E-state index in [4.69, 9.17) is 0 Å². The molecule has 1 N–H and O–H groups in total. The molecule has 0 radical (unpaired) electrons. The first kappa shape index (κ1) is 30.5. The fourth-order valence-electron chi connectivity index (χ4n) is 5.41. The van der Waals surface area contributed by atoms with Crippen LogP contribution >= 0.6 is 0 Å². The van der Waals surface area contributed by atoms with Crippen LogP contribution in [0.5, 0.6) is 0 Å². The van der Waals surface area contributed by atoms with Crippen LogP contribution in [0.2, 0.25) is 0 Å². The van der Waals surface area contributed by atoms with Crippen molar-refractivity contribution in [2.45, 2.75) is 169 Å². The Kier molecular flexibility index (Phi) is 21.0. The number of hydrogen-bond donors (Lipinski definition) is 1. The van der Waals surface area contributed by atoms with Gasteiger partial charge in [0.05, 0.1) is 5.41 Å². The monoisotopic (exact) mass is 438 g/mol. The second-order valence-corrected chi connectivity index (χ2v) is 10.2. The minimum Gasteiger partial charge on any atom is -0.481 e. The van der Waals surface area contributed by atoms with Gasteiger partial charge in [0.15, 0.2) is 0 Å². The van der Waals surface area contributed by atoms with E-state index in [9.17, 15) is 9.90 Å². The van der Waals surface area contributed by atoms with Gasteiger partial charge in [-0.15, -0.1) is 0 Å². The molecule has 0 aliphatic carbocycles. The van der Waals surface area contributed by atoms with E-state index in [-0.39, 0.29) is 0 Å². The smallest absolute Gasteiger partial charge is 0.309 e. The van der Waals surface area contributed by atoms with Crippen molar-refractivity contribution in [2.75, 3.05) is 0 Å². The Balaban J connectivity index is 4.89. The summed E-state index contributed by atoms with van der Waals surface area (Å²) in [5, 5.41) is 10.5. The highest BCUT2D eigenvalue weighted by Crippen LogP contribution is 2.44. The summed E-state index contributed by atoms with van der Waals surface area (Å²) in [5.41, 5.74) is -0.478. The topological polar surface area (TPSA) is 37.3 Å². The first-order valence-electron chi connectivity index (χ1n) is 14.3. The van der Waals surface area contributed by atoms with E-state index in [0.717, 1.165) is 38.5 Å². The molecular formula is C29H58O2. The van der Waals surface area contributed by atoms with Gasteiger partial charge < -0.3 is 5.11 Å². The van der Waals surface area contributed by atoms with Gasteiger partial charge in [-0.05, 0) is 25.2 Å². The highest BCUT2D eigenvalue weighted by molar-refractivity contribution is 5.75. The van der Waals surface area contributed by atoms with Crippen molar-refractivity contribution >= 4 is 5.97 Å². The van der Waals surface area contributed by atoms with Crippen LogP contribution in [0.4, 0.5) is 0 Å². The molecule has 1 unspecified atom stereocenters. The molecule has 0 spiro atoms. The Morgan fingerprint density at radius 2 is 0.935 bits per heavy atom. The van der Waals surface area contributed by atoms with E-state index in [2.05, 4.69) is 27.7 Å². The normalized spacial score (nSPS) is 12.9. The molecule has 0 rings (SSSR count). The van der Waals surface area contributed by atoms with Gasteiger partial charge >= 0.3 is 5.97 Å². The Morgan fingerprint density at radius 3 is 1.29 bits per heavy atom. The third kappa shape index (κ3) is 14.3. The van der Waals surface area contributed by atoms with Crippen LogP contribution in [0.1, 0.15) is 169 Å². The lowest BCUT2D eigenvalue weighted by Crippen LogP contribution is -2.39. The first-order chi connectivity index (χ1) is 15.1. The molecule has 1 atom stereocenters. The average Bonchev–Trinajstić information content (AvgIpc) is 2.76. The molecule has 0 aromatic carbocycles. The fourth-order valence-corrected chi connectivity index (χ4v) is 5.41. The second-order valence-electron chi connectivity index (χ2n) is 10.2. The third-order valence-corrected chi connectivity index (χ3v) is 7.56. The Hall–Kier alpha value is -0.530. The van der Waals surface area contributed by atoms with Gasteiger partial charge in [0, 0.05) is 0 Å². The Labute approximate surface area is 196 Å². The van der Waals surface area contributed by atoms with Crippen LogP contribution in [-0.2, 0) is 4.79 Å². The molecule has 0 saturated carbocycles. The van der Waals surface area contributed by atoms with Crippen molar-refractivity contribution < 1.29 is 9.90 Å². The maximum atomic E-state index is 12.7. The van der Waals surface area contributed by atoms with Crippen LogP contribution in [0.3, 0.4) is 0 Å². The van der Waals surface area contributed by atoms with E-state index >= 15 is 0 Å². The fraction of sp³-hybridized carbons (Fsp3) is 0.966. The van der Waals surface area contributed by atoms with Gasteiger partial charge in [0.2, 0.25) is 0 Å². The number of unbranched alkanes of at least 4 members (excludes halogenated alkanes) is 15. The number of carboxylic acids is 1. The molecule has 0 fully saturated rings. The molecule has 0 saturated heterocycles. The molecule has 2 nitrogen and oxygen atoms in total. The predicted octanol–water partition coefficient (Wildman–Crippen LogP) is 10.3. The van der Waals surface area contributed by atoms with E-state index in [1.165, 1.54) is 103 Å². The third-order valence-electron chi connectivity index (χ3n) is 7.56. The Bertz CT molecular complexity index is 374. The molecule has 0 aliphatic heterocycles. The van der Waals surface area contributed by atoms with Crippen molar-refractivity contribution in [3.8, 4) is 0 Å². The van der Waals surface area contributed by atoms with Crippen molar-refractivity contribution in [3.05, 3.63) is 0 Å². The maximum absolute atomic E-state index is 12.7. The zero-order valence-electron chi connectivity index (χ0n) is 22.0. The molecule has 0 aliphatic rings. The van der Waals surface area contributed by atoms with Gasteiger partial charge in [-0.3, -0.25) is 4.79 Å². The quantitative estimate of drug-likeness (QED) is 0.152. The van der Waals surface area contributed by atoms with Crippen molar-refractivity contribution in [3.63, 3.8) is 0 Å². The van der Waals surface area contributed by atoms with Crippen LogP contribution in [0.15, 0.2) is 0 Å². The van der Waals surface area contributed by atoms with Crippen molar-refractivity contribution in [2.24, 2.45) is 11.3 Å². The summed E-state index contributed by atoms with van der Waals surface area (Å²) in [5.74, 6) is -0.144. The van der Waals surface area contributed by atoms with Gasteiger partial charge in [-0.1, -0.05) is 150 Å². The van der Waals surface area contributed by atoms with Crippen LogP contribution in [0.25, 0.3) is 0 Å². The highest BCUT2D eigenvalue weighted by Gasteiger charge is 2.43. The number of hydrogen-bond acceptors (Lipinski definition) is 1. The summed E-state index contributed by atoms with van der Waals surface area (Å²) < 4.78 is 0. The lowest BCUT2D eigenvalue weighted by atomic mass is 9.65. The second kappa shape index (κ2) is 21.3. The minimum absolute atomic E-state index is 0.349. The van der Waals surface area contributed by atoms with E-state index in [1.54, 1.807) is 0 Å². The first-order valence-corrected chi connectivity index (χ1v) is 14.3. The van der Waals surface area contributed by atoms with Crippen molar-refractivity contribution in [1.29, 1.82) is 0 Å². The average molecular weight is 439 g/mol. The lowest BCUT2D eigenvalue weighted by Gasteiger charge is -2.38. The largest absolute Gasteiger partial charge is 0.481 e. The zero-order valence-corrected chi connectivity index (χ0v) is 22.0. The Morgan fingerprint density at radius 1 is 0.581 bits per heavy atom. The lowest BCUT2D eigenvalue weighted by molar-refractivity contribution is -0.155. The number of rotatable bonds is 24. The van der Waals surface area contributed by atoms with E-state index in [0.29, 0.717) is 5.92 Å². The molecule has 0 aromatic heterocycles. The van der Waals surface area contributed by atoms with Crippen molar-refractivity contribution in [1.82, 2.24) is 0 Å². The van der Waals surface area contributed by atoms with E-state index < -0.39 is 11.4 Å². The summed E-state index contributed by atoms with van der Waals surface area (Å²) in [7, 11) is 0. The van der Waals surface area contributed by atoms with E-state index in [1.807, 2.05) is 0 Å². The highest BCUT2D eigenvalue weighted by atomic mass is 16.4. The molecule has 2 heteroatoms. The van der Waals surface area contributed by atoms with Gasteiger partial charge in [-0.2, -0.15) is 0 Å². The SMILES string of the molecule is CCCCCCCCC(CC)C(CCCCCCCC)(CCCCCCCC)C(=O)O. The summed E-state index contributed by atoms with van der Waals surface area (Å²) in [6, 6.07) is 0. The number of carbonyl (C=O) groups is 1. The maximum Gasteiger partial charge on any atom is 0.309 e. The summed E-state index contributed by atoms with van der Waals surface area (Å²) in [6.45, 7) is 9.01. The standard InChI is InChI=1S/C29H58O2/c1-5-9-12-15-18-21-24-27(8-4)29(28(30)31,25-22-19-16-13-10-6-2)26-23-20-17-14-11-7-3/h27H,5-26H2,1-4H3,(H,30,31). The van der Waals surface area contributed by atoms with Gasteiger partial charge in [-0.25, -0.2) is 0 Å². The van der Waals surface area contributed by atoms with Crippen LogP contribution in [-0.4, -0.2) is 11.1 Å². The summed E-state index contributed by atoms with van der Waals surface area (Å²) >= 11 is 0. The summed E-state index contributed by atoms with van der Waals surface area (Å²) in [6.07, 6.45) is 26.7. The molecule has 0 heterocycles. The molecule has 0 amide bonds. The zero-order chi connectivity index (χ0) is 23.2. The van der Waals surface area contributed by atoms with Gasteiger partial charge in [0.1, 0.15) is 0 Å². The number of aliphatic carboxylic acids is 1. The molecule has 31 heavy (non-hydrogen) atoms. The summed E-state index contributed by atoms with van der Waals surface area (Å²) in [4.78, 5) is 12.7. The molecule has 0 bridgehead atoms. The van der Waals surface area contributed by atoms with Crippen LogP contribution < -0.4 is 0 Å². The number of carboxylic acid groups (broad SMARTS) is 1. The molecule has 186 valence electrons. The van der Waals surface area contributed by atoms with Gasteiger partial charge in [0.25, 0.3) is 0 Å².